The number of hydrogen-bond donors (Lipinski definition) is 0. The summed E-state index contributed by atoms with van der Waals surface area (Å²) in [6.07, 6.45) is 2.66. The van der Waals surface area contributed by atoms with Gasteiger partial charge in [0.25, 0.3) is 0 Å². The Kier molecular flexibility index (Phi) is 4.11. The third-order valence-corrected chi connectivity index (χ3v) is 6.00. The summed E-state index contributed by atoms with van der Waals surface area (Å²) in [5, 5.41) is 2.11. The van der Waals surface area contributed by atoms with Crippen LogP contribution in [-0.2, 0) is 16.1 Å². The Labute approximate surface area is 140 Å². The zero-order valence-corrected chi connectivity index (χ0v) is 14.1. The highest BCUT2D eigenvalue weighted by Crippen LogP contribution is 2.33. The Bertz CT molecular complexity index is 577. The smallest absolute Gasteiger partial charge is 0.228 e. The molecule has 1 aromatic heterocycles. The van der Waals surface area contributed by atoms with Crippen LogP contribution in [0.1, 0.15) is 24.1 Å². The van der Waals surface area contributed by atoms with E-state index in [4.69, 9.17) is 0 Å². The number of rotatable bonds is 4. The number of thiophene rings is 1. The fourth-order valence-corrected chi connectivity index (χ4v) is 4.39. The van der Waals surface area contributed by atoms with E-state index in [1.807, 2.05) is 9.80 Å². The van der Waals surface area contributed by atoms with Gasteiger partial charge in [-0.05, 0) is 24.3 Å². The minimum atomic E-state index is -0.105. The Balaban J connectivity index is 1.28. The van der Waals surface area contributed by atoms with Crippen molar-refractivity contribution in [3.63, 3.8) is 0 Å². The topological polar surface area (TPSA) is 43.9 Å². The highest BCUT2D eigenvalue weighted by atomic mass is 32.1. The number of piperazine rings is 1. The van der Waals surface area contributed by atoms with Crippen molar-refractivity contribution >= 4 is 23.2 Å². The Hall–Kier alpha value is -1.40. The number of hydrogen-bond acceptors (Lipinski definition) is 4. The average molecular weight is 333 g/mol. The molecule has 5 nitrogen and oxygen atoms in total. The zero-order chi connectivity index (χ0) is 15.8. The second-order valence-electron chi connectivity index (χ2n) is 6.86. The number of likely N-dealkylation sites (tertiary alicyclic amines) is 1. The molecule has 0 unspecified atom stereocenters. The lowest BCUT2D eigenvalue weighted by Crippen LogP contribution is -2.50. The summed E-state index contributed by atoms with van der Waals surface area (Å²) in [4.78, 5) is 32.4. The fourth-order valence-electron chi connectivity index (χ4n) is 3.64. The van der Waals surface area contributed by atoms with E-state index in [1.54, 1.807) is 11.3 Å². The molecule has 3 fully saturated rings. The lowest BCUT2D eigenvalue weighted by Gasteiger charge is -2.35. The van der Waals surface area contributed by atoms with Crippen molar-refractivity contribution in [3.8, 4) is 0 Å². The quantitative estimate of drug-likeness (QED) is 0.837. The lowest BCUT2D eigenvalue weighted by atomic mass is 10.1. The molecule has 1 saturated carbocycles. The molecule has 1 aliphatic carbocycles. The molecule has 3 heterocycles. The first-order valence-electron chi connectivity index (χ1n) is 8.53. The van der Waals surface area contributed by atoms with Crippen LogP contribution in [0.2, 0.25) is 0 Å². The van der Waals surface area contributed by atoms with Crippen molar-refractivity contribution in [1.29, 1.82) is 0 Å². The summed E-state index contributed by atoms with van der Waals surface area (Å²) in [7, 11) is 0. The van der Waals surface area contributed by atoms with Crippen LogP contribution < -0.4 is 0 Å². The summed E-state index contributed by atoms with van der Waals surface area (Å²) in [6, 6.07) is 4.68. The third kappa shape index (κ3) is 3.28. The van der Waals surface area contributed by atoms with Gasteiger partial charge in [0, 0.05) is 56.6 Å². The molecule has 0 N–H and O–H groups in total. The highest BCUT2D eigenvalue weighted by molar-refractivity contribution is 7.09. The summed E-state index contributed by atoms with van der Waals surface area (Å²) in [5.74, 6) is 0.270. The Morgan fingerprint density at radius 1 is 1.22 bits per heavy atom. The van der Waals surface area contributed by atoms with E-state index in [0.29, 0.717) is 19.0 Å². The van der Waals surface area contributed by atoms with E-state index in [0.717, 1.165) is 45.6 Å². The minimum Gasteiger partial charge on any atom is -0.340 e. The van der Waals surface area contributed by atoms with Crippen LogP contribution in [-0.4, -0.2) is 65.3 Å². The second-order valence-corrected chi connectivity index (χ2v) is 7.89. The molecule has 0 bridgehead atoms. The van der Waals surface area contributed by atoms with Crippen LogP contribution in [0.3, 0.4) is 0 Å². The van der Waals surface area contributed by atoms with Gasteiger partial charge in [0.2, 0.25) is 11.8 Å². The normalized spacial score (nSPS) is 26.1. The van der Waals surface area contributed by atoms with E-state index < -0.39 is 0 Å². The van der Waals surface area contributed by atoms with Crippen LogP contribution in [0.5, 0.6) is 0 Å². The molecule has 1 aromatic rings. The van der Waals surface area contributed by atoms with E-state index in [1.165, 1.54) is 4.88 Å². The standard InChI is InChI=1S/C17H23N3O2S/c21-16-10-13(11-20(16)14-3-4-14)17(22)19-7-5-18(6-8-19)12-15-2-1-9-23-15/h1-2,9,13-14H,3-8,10-12H2/t13-/m0/s1. The van der Waals surface area contributed by atoms with E-state index in [-0.39, 0.29) is 17.7 Å². The van der Waals surface area contributed by atoms with Gasteiger partial charge in [-0.25, -0.2) is 0 Å². The summed E-state index contributed by atoms with van der Waals surface area (Å²) >= 11 is 1.79. The van der Waals surface area contributed by atoms with Gasteiger partial charge in [-0.1, -0.05) is 6.07 Å². The van der Waals surface area contributed by atoms with Gasteiger partial charge in [0.1, 0.15) is 0 Å². The number of carbonyl (C=O) groups excluding carboxylic acids is 2. The lowest BCUT2D eigenvalue weighted by molar-refractivity contribution is -0.137. The summed E-state index contributed by atoms with van der Waals surface area (Å²) < 4.78 is 0. The van der Waals surface area contributed by atoms with Gasteiger partial charge in [-0.15, -0.1) is 11.3 Å². The first-order chi connectivity index (χ1) is 11.2. The number of amides is 2. The highest BCUT2D eigenvalue weighted by Gasteiger charge is 2.43. The van der Waals surface area contributed by atoms with Crippen LogP contribution >= 0.6 is 11.3 Å². The SMILES string of the molecule is O=C([C@H]1CC(=O)N(C2CC2)C1)N1CCN(Cc2cccs2)CC1. The number of carbonyl (C=O) groups is 2. The van der Waals surface area contributed by atoms with Gasteiger partial charge >= 0.3 is 0 Å². The van der Waals surface area contributed by atoms with Gasteiger partial charge in [-0.2, -0.15) is 0 Å². The molecule has 0 aromatic carbocycles. The molecule has 0 radical (unpaired) electrons. The van der Waals surface area contributed by atoms with Crippen LogP contribution in [0.15, 0.2) is 17.5 Å². The van der Waals surface area contributed by atoms with Gasteiger partial charge in [0.15, 0.2) is 0 Å². The predicted octanol–water partition coefficient (Wildman–Crippen LogP) is 1.40. The van der Waals surface area contributed by atoms with E-state index >= 15 is 0 Å². The third-order valence-electron chi connectivity index (χ3n) is 5.14. The summed E-state index contributed by atoms with van der Waals surface area (Å²) in [5.41, 5.74) is 0. The predicted molar refractivity (Wildman–Crippen MR) is 89.0 cm³/mol. The van der Waals surface area contributed by atoms with Crippen molar-refractivity contribution < 1.29 is 9.59 Å². The molecule has 124 valence electrons. The van der Waals surface area contributed by atoms with Gasteiger partial charge < -0.3 is 9.80 Å². The Morgan fingerprint density at radius 3 is 2.65 bits per heavy atom. The second kappa shape index (κ2) is 6.24. The monoisotopic (exact) mass is 333 g/mol. The van der Waals surface area contributed by atoms with E-state index in [9.17, 15) is 9.59 Å². The van der Waals surface area contributed by atoms with Crippen LogP contribution in [0.25, 0.3) is 0 Å². The van der Waals surface area contributed by atoms with Crippen molar-refractivity contribution in [3.05, 3.63) is 22.4 Å². The molecule has 4 rings (SSSR count). The Morgan fingerprint density at radius 2 is 2.00 bits per heavy atom. The van der Waals surface area contributed by atoms with Gasteiger partial charge in [0.05, 0.1) is 5.92 Å². The first kappa shape index (κ1) is 15.1. The molecule has 2 amide bonds. The van der Waals surface area contributed by atoms with Crippen molar-refractivity contribution in [2.24, 2.45) is 5.92 Å². The molecule has 3 aliphatic rings. The molecule has 1 atom stereocenters. The molecular weight excluding hydrogens is 310 g/mol. The van der Waals surface area contributed by atoms with E-state index in [2.05, 4.69) is 22.4 Å². The maximum atomic E-state index is 12.7. The maximum Gasteiger partial charge on any atom is 0.228 e. The molecule has 2 saturated heterocycles. The average Bonchev–Trinajstić information content (AvgIpc) is 3.13. The molecule has 0 spiro atoms. The molecule has 2 aliphatic heterocycles. The fraction of sp³-hybridized carbons (Fsp3) is 0.647. The van der Waals surface area contributed by atoms with Crippen LogP contribution in [0, 0.1) is 5.92 Å². The summed E-state index contributed by atoms with van der Waals surface area (Å²) in [6.45, 7) is 5.07. The van der Waals surface area contributed by atoms with Crippen molar-refractivity contribution in [2.45, 2.75) is 31.8 Å². The molecular formula is C17H23N3O2S. The largest absolute Gasteiger partial charge is 0.340 e. The maximum absolute atomic E-state index is 12.7. The van der Waals surface area contributed by atoms with Crippen LogP contribution in [0.4, 0.5) is 0 Å². The van der Waals surface area contributed by atoms with Gasteiger partial charge in [-0.3, -0.25) is 14.5 Å². The van der Waals surface area contributed by atoms with Crippen molar-refractivity contribution in [1.82, 2.24) is 14.7 Å². The minimum absolute atomic E-state index is 0.105. The molecule has 23 heavy (non-hydrogen) atoms. The van der Waals surface area contributed by atoms with Crippen molar-refractivity contribution in [2.75, 3.05) is 32.7 Å². The molecule has 6 heteroatoms. The first-order valence-corrected chi connectivity index (χ1v) is 9.41. The zero-order valence-electron chi connectivity index (χ0n) is 13.3. The number of nitrogens with zero attached hydrogens (tertiary/aromatic N) is 3.